The first-order valence-corrected chi connectivity index (χ1v) is 8.77. The van der Waals surface area contributed by atoms with Gasteiger partial charge in [-0.2, -0.15) is 0 Å². The van der Waals surface area contributed by atoms with E-state index in [-0.39, 0.29) is 12.1 Å². The van der Waals surface area contributed by atoms with Crippen molar-refractivity contribution in [2.45, 2.75) is 45.8 Å². The molecular formula is C19H30N2O2. The molecule has 2 rings (SSSR count). The molecule has 0 aromatic heterocycles. The van der Waals surface area contributed by atoms with Gasteiger partial charge in [0.15, 0.2) is 0 Å². The number of nitrogens with zero attached hydrogens (tertiary/aromatic N) is 2. The molecule has 0 N–H and O–H groups in total. The molecule has 1 aliphatic rings. The molecule has 1 unspecified atom stereocenters. The number of hydrogen-bond donors (Lipinski definition) is 0. The Morgan fingerprint density at radius 3 is 2.52 bits per heavy atom. The molecule has 0 spiro atoms. The number of hydrogen-bond acceptors (Lipinski definition) is 3. The van der Waals surface area contributed by atoms with E-state index in [0.717, 1.165) is 31.6 Å². The molecule has 1 saturated heterocycles. The van der Waals surface area contributed by atoms with E-state index >= 15 is 0 Å². The lowest BCUT2D eigenvalue weighted by Crippen LogP contribution is -2.47. The Morgan fingerprint density at radius 2 is 1.91 bits per heavy atom. The van der Waals surface area contributed by atoms with E-state index in [9.17, 15) is 4.79 Å². The number of likely N-dealkylation sites (tertiary alicyclic amines) is 1. The number of carbonyl (C=O) groups is 1. The van der Waals surface area contributed by atoms with Crippen molar-refractivity contribution in [1.29, 1.82) is 0 Å². The topological polar surface area (TPSA) is 32.8 Å². The normalized spacial score (nSPS) is 17.7. The van der Waals surface area contributed by atoms with Gasteiger partial charge >= 0.3 is 6.09 Å². The Morgan fingerprint density at radius 1 is 1.26 bits per heavy atom. The van der Waals surface area contributed by atoms with Crippen LogP contribution in [0.5, 0.6) is 0 Å². The van der Waals surface area contributed by atoms with Crippen molar-refractivity contribution < 1.29 is 9.53 Å². The fraction of sp³-hybridized carbons (Fsp3) is 0.632. The summed E-state index contributed by atoms with van der Waals surface area (Å²) in [5.41, 5.74) is 1.02. The van der Waals surface area contributed by atoms with Crippen LogP contribution in [0, 0.1) is 5.92 Å². The van der Waals surface area contributed by atoms with E-state index in [0.29, 0.717) is 12.5 Å². The SMILES string of the molecule is CCC(C)[C@@H](CN1CCCC1)N(C)C(=O)OCc1ccccc1. The Kier molecular flexibility index (Phi) is 6.90. The second kappa shape index (κ2) is 8.92. The lowest BCUT2D eigenvalue weighted by atomic mass is 9.97. The first kappa shape index (κ1) is 17.8. The van der Waals surface area contributed by atoms with Crippen molar-refractivity contribution in [3.63, 3.8) is 0 Å². The Balaban J connectivity index is 1.91. The van der Waals surface area contributed by atoms with Gasteiger partial charge in [-0.1, -0.05) is 50.6 Å². The third-order valence-electron chi connectivity index (χ3n) is 4.94. The molecule has 23 heavy (non-hydrogen) atoms. The number of likely N-dealkylation sites (N-methyl/N-ethyl adjacent to an activating group) is 1. The molecule has 1 amide bonds. The number of amides is 1. The van der Waals surface area contributed by atoms with Gasteiger partial charge in [0.25, 0.3) is 0 Å². The predicted octanol–water partition coefficient (Wildman–Crippen LogP) is 3.77. The van der Waals surface area contributed by atoms with Gasteiger partial charge in [-0.25, -0.2) is 4.79 Å². The maximum absolute atomic E-state index is 12.4. The monoisotopic (exact) mass is 318 g/mol. The van der Waals surface area contributed by atoms with Crippen LogP contribution in [0.3, 0.4) is 0 Å². The second-order valence-corrected chi connectivity index (χ2v) is 6.61. The van der Waals surface area contributed by atoms with Gasteiger partial charge in [-0.15, -0.1) is 0 Å². The van der Waals surface area contributed by atoms with Crippen molar-refractivity contribution in [3.05, 3.63) is 35.9 Å². The van der Waals surface area contributed by atoms with E-state index in [1.165, 1.54) is 12.8 Å². The number of carbonyl (C=O) groups excluding carboxylic acids is 1. The summed E-state index contributed by atoms with van der Waals surface area (Å²) in [4.78, 5) is 16.7. The third kappa shape index (κ3) is 5.24. The summed E-state index contributed by atoms with van der Waals surface area (Å²) < 4.78 is 5.50. The Bertz CT molecular complexity index is 472. The van der Waals surface area contributed by atoms with Crippen LogP contribution in [0.1, 0.15) is 38.7 Å². The fourth-order valence-corrected chi connectivity index (χ4v) is 3.14. The Hall–Kier alpha value is -1.55. The highest BCUT2D eigenvalue weighted by Gasteiger charge is 2.28. The molecule has 1 fully saturated rings. The van der Waals surface area contributed by atoms with E-state index in [4.69, 9.17) is 4.74 Å². The fourth-order valence-electron chi connectivity index (χ4n) is 3.14. The highest BCUT2D eigenvalue weighted by Crippen LogP contribution is 2.19. The van der Waals surface area contributed by atoms with Crippen molar-refractivity contribution in [1.82, 2.24) is 9.80 Å². The van der Waals surface area contributed by atoms with Crippen LogP contribution in [0.25, 0.3) is 0 Å². The van der Waals surface area contributed by atoms with Gasteiger partial charge in [0.2, 0.25) is 0 Å². The minimum absolute atomic E-state index is 0.210. The molecule has 0 saturated carbocycles. The van der Waals surface area contributed by atoms with Crippen LogP contribution in [0.15, 0.2) is 30.3 Å². The maximum atomic E-state index is 12.4. The van der Waals surface area contributed by atoms with Crippen LogP contribution in [-0.4, -0.2) is 48.6 Å². The van der Waals surface area contributed by atoms with Crippen molar-refractivity contribution in [2.75, 3.05) is 26.7 Å². The summed E-state index contributed by atoms with van der Waals surface area (Å²) in [6, 6.07) is 10.0. The number of rotatable bonds is 7. The van der Waals surface area contributed by atoms with Crippen molar-refractivity contribution >= 4 is 6.09 Å². The molecule has 0 radical (unpaired) electrons. The smallest absolute Gasteiger partial charge is 0.410 e. The van der Waals surface area contributed by atoms with Crippen LogP contribution in [0.4, 0.5) is 4.79 Å². The average Bonchev–Trinajstić information content (AvgIpc) is 3.10. The molecular weight excluding hydrogens is 288 g/mol. The zero-order valence-electron chi connectivity index (χ0n) is 14.7. The number of ether oxygens (including phenoxy) is 1. The van der Waals surface area contributed by atoms with Crippen LogP contribution in [-0.2, 0) is 11.3 Å². The molecule has 0 aliphatic carbocycles. The predicted molar refractivity (Wildman–Crippen MR) is 93.3 cm³/mol. The zero-order valence-corrected chi connectivity index (χ0v) is 14.7. The standard InChI is InChI=1S/C19H30N2O2/c1-4-16(2)18(14-21-12-8-9-13-21)20(3)19(22)23-15-17-10-6-5-7-11-17/h5-7,10-11,16,18H,4,8-9,12-15H2,1-3H3/t16?,18-/m1/s1. The molecule has 2 atom stereocenters. The summed E-state index contributed by atoms with van der Waals surface area (Å²) in [6.45, 7) is 8.00. The summed E-state index contributed by atoms with van der Waals surface area (Å²) in [7, 11) is 1.88. The van der Waals surface area contributed by atoms with E-state index < -0.39 is 0 Å². The van der Waals surface area contributed by atoms with Crippen molar-refractivity contribution in [3.8, 4) is 0 Å². The first-order valence-electron chi connectivity index (χ1n) is 8.77. The summed E-state index contributed by atoms with van der Waals surface area (Å²) in [5.74, 6) is 0.463. The van der Waals surface area contributed by atoms with E-state index in [2.05, 4.69) is 18.7 Å². The van der Waals surface area contributed by atoms with Crippen molar-refractivity contribution in [2.24, 2.45) is 5.92 Å². The van der Waals surface area contributed by atoms with Gasteiger partial charge in [-0.05, 0) is 37.4 Å². The van der Waals surface area contributed by atoms with Gasteiger partial charge < -0.3 is 14.5 Å². The molecule has 1 heterocycles. The van der Waals surface area contributed by atoms with Crippen LogP contribution < -0.4 is 0 Å². The lowest BCUT2D eigenvalue weighted by molar-refractivity contribution is 0.0700. The molecule has 0 bridgehead atoms. The minimum Gasteiger partial charge on any atom is -0.445 e. The maximum Gasteiger partial charge on any atom is 0.410 e. The van der Waals surface area contributed by atoms with Crippen LogP contribution in [0.2, 0.25) is 0 Å². The molecule has 128 valence electrons. The zero-order chi connectivity index (χ0) is 16.7. The van der Waals surface area contributed by atoms with Gasteiger partial charge in [0.05, 0.1) is 0 Å². The minimum atomic E-state index is -0.224. The lowest BCUT2D eigenvalue weighted by Gasteiger charge is -2.34. The highest BCUT2D eigenvalue weighted by atomic mass is 16.6. The largest absolute Gasteiger partial charge is 0.445 e. The van der Waals surface area contributed by atoms with Gasteiger partial charge in [-0.3, -0.25) is 0 Å². The quantitative estimate of drug-likeness (QED) is 0.767. The first-order chi connectivity index (χ1) is 11.1. The summed E-state index contributed by atoms with van der Waals surface area (Å²) in [6.07, 6.45) is 3.39. The number of benzene rings is 1. The highest BCUT2D eigenvalue weighted by molar-refractivity contribution is 5.67. The van der Waals surface area contributed by atoms with E-state index in [1.54, 1.807) is 4.90 Å². The average molecular weight is 318 g/mol. The van der Waals surface area contributed by atoms with Gasteiger partial charge in [0, 0.05) is 19.6 Å². The third-order valence-corrected chi connectivity index (χ3v) is 4.94. The van der Waals surface area contributed by atoms with Gasteiger partial charge in [0.1, 0.15) is 6.61 Å². The van der Waals surface area contributed by atoms with E-state index in [1.807, 2.05) is 37.4 Å². The molecule has 1 aromatic carbocycles. The second-order valence-electron chi connectivity index (χ2n) is 6.61. The molecule has 4 nitrogen and oxygen atoms in total. The Labute approximate surface area is 140 Å². The summed E-state index contributed by atoms with van der Waals surface area (Å²) in [5, 5.41) is 0. The molecule has 1 aliphatic heterocycles. The summed E-state index contributed by atoms with van der Waals surface area (Å²) >= 11 is 0. The van der Waals surface area contributed by atoms with Crippen LogP contribution >= 0.6 is 0 Å². The molecule has 1 aromatic rings. The molecule has 4 heteroatoms.